The lowest BCUT2D eigenvalue weighted by Crippen LogP contribution is -2.62. The number of hydrogen-bond donors (Lipinski definition) is 1. The lowest BCUT2D eigenvalue weighted by molar-refractivity contribution is -0.138. The highest BCUT2D eigenvalue weighted by molar-refractivity contribution is 8.00. The topological polar surface area (TPSA) is 66.8 Å². The minimum Gasteiger partial charge on any atom is -0.481 e. The molecule has 0 saturated carbocycles. The van der Waals surface area contributed by atoms with Crippen LogP contribution in [0.2, 0.25) is 0 Å². The summed E-state index contributed by atoms with van der Waals surface area (Å²) >= 11 is 1.60. The van der Waals surface area contributed by atoms with E-state index in [1.165, 1.54) is 0 Å². The van der Waals surface area contributed by atoms with Crippen LogP contribution in [0.5, 0.6) is 0 Å². The predicted octanol–water partition coefficient (Wildman–Crippen LogP) is 3.38. The summed E-state index contributed by atoms with van der Waals surface area (Å²) in [6, 6.07) is 9.92. The van der Waals surface area contributed by atoms with E-state index in [9.17, 15) is 14.7 Å². The Morgan fingerprint density at radius 1 is 1.26 bits per heavy atom. The van der Waals surface area contributed by atoms with Crippen LogP contribution < -0.4 is 0 Å². The smallest absolute Gasteiger partial charge is 0.410 e. The Bertz CT molecular complexity index is 562. The van der Waals surface area contributed by atoms with E-state index < -0.39 is 16.3 Å². The minimum absolute atomic E-state index is 0.0454. The fourth-order valence-corrected chi connectivity index (χ4v) is 3.83. The molecule has 0 aromatic heterocycles. The Hall–Kier alpha value is -1.69. The first-order valence-electron chi connectivity index (χ1n) is 7.57. The van der Waals surface area contributed by atoms with Crippen molar-refractivity contribution in [3.05, 3.63) is 35.9 Å². The monoisotopic (exact) mass is 337 g/mol. The maximum atomic E-state index is 12.0. The number of rotatable bonds is 5. The van der Waals surface area contributed by atoms with Gasteiger partial charge in [-0.25, -0.2) is 4.79 Å². The van der Waals surface area contributed by atoms with Crippen molar-refractivity contribution >= 4 is 23.8 Å². The molecule has 0 radical (unpaired) electrons. The fraction of sp³-hybridized carbons (Fsp3) is 0.529. The van der Waals surface area contributed by atoms with Crippen LogP contribution in [-0.4, -0.2) is 45.5 Å². The van der Waals surface area contributed by atoms with Gasteiger partial charge >= 0.3 is 12.1 Å². The summed E-state index contributed by atoms with van der Waals surface area (Å²) in [4.78, 5) is 24.8. The molecule has 2 rings (SSSR count). The van der Waals surface area contributed by atoms with Gasteiger partial charge in [-0.1, -0.05) is 30.3 Å². The second kappa shape index (κ2) is 6.83. The molecule has 0 unspecified atom stereocenters. The molecule has 1 saturated heterocycles. The Morgan fingerprint density at radius 2 is 1.87 bits per heavy atom. The summed E-state index contributed by atoms with van der Waals surface area (Å²) in [6.07, 6.45) is -0.331. The van der Waals surface area contributed by atoms with E-state index in [0.29, 0.717) is 13.1 Å². The van der Waals surface area contributed by atoms with Crippen molar-refractivity contribution in [1.82, 2.24) is 4.90 Å². The zero-order valence-corrected chi connectivity index (χ0v) is 14.6. The van der Waals surface area contributed by atoms with Crippen LogP contribution in [0.25, 0.3) is 0 Å². The normalized spacial score (nSPS) is 16.6. The van der Waals surface area contributed by atoms with E-state index in [0.717, 1.165) is 11.3 Å². The third-order valence-electron chi connectivity index (χ3n) is 3.47. The standard InChI is InChI=1S/C17H23NO4S/c1-16(2,3)22-15(21)18-11-17(12-18,9-14(19)20)23-10-13-7-5-4-6-8-13/h4-8H,9-12H2,1-3H3,(H,19,20). The Kier molecular flexibility index (Phi) is 5.24. The summed E-state index contributed by atoms with van der Waals surface area (Å²) in [5.41, 5.74) is 0.609. The molecule has 126 valence electrons. The Morgan fingerprint density at radius 3 is 2.39 bits per heavy atom. The number of thioether (sulfide) groups is 1. The van der Waals surface area contributed by atoms with E-state index >= 15 is 0 Å². The van der Waals surface area contributed by atoms with Gasteiger partial charge < -0.3 is 14.7 Å². The second-order valence-electron chi connectivity index (χ2n) is 6.86. The molecule has 5 nitrogen and oxygen atoms in total. The van der Waals surface area contributed by atoms with Gasteiger partial charge in [0.1, 0.15) is 5.60 Å². The number of carbonyl (C=O) groups excluding carboxylic acids is 1. The summed E-state index contributed by atoms with van der Waals surface area (Å²) < 4.78 is 4.90. The van der Waals surface area contributed by atoms with Crippen molar-refractivity contribution in [1.29, 1.82) is 0 Å². The predicted molar refractivity (Wildman–Crippen MR) is 90.5 cm³/mol. The number of amides is 1. The van der Waals surface area contributed by atoms with Crippen LogP contribution in [0.4, 0.5) is 4.79 Å². The number of aliphatic carboxylic acids is 1. The molecule has 1 heterocycles. The maximum absolute atomic E-state index is 12.0. The van der Waals surface area contributed by atoms with Crippen molar-refractivity contribution in [2.24, 2.45) is 0 Å². The molecule has 1 aromatic rings. The minimum atomic E-state index is -0.839. The maximum Gasteiger partial charge on any atom is 0.410 e. The molecule has 0 atom stereocenters. The molecule has 1 aromatic carbocycles. The molecule has 1 amide bonds. The number of carboxylic acids is 1. The van der Waals surface area contributed by atoms with Gasteiger partial charge in [0, 0.05) is 18.8 Å². The van der Waals surface area contributed by atoms with Crippen molar-refractivity contribution in [3.8, 4) is 0 Å². The Labute approximate surface area is 141 Å². The number of nitrogens with zero attached hydrogens (tertiary/aromatic N) is 1. The molecule has 1 aliphatic heterocycles. The van der Waals surface area contributed by atoms with Gasteiger partial charge in [-0.2, -0.15) is 0 Å². The zero-order valence-electron chi connectivity index (χ0n) is 13.7. The molecular weight excluding hydrogens is 314 g/mol. The average Bonchev–Trinajstić information content (AvgIpc) is 2.39. The van der Waals surface area contributed by atoms with Crippen molar-refractivity contribution < 1.29 is 19.4 Å². The van der Waals surface area contributed by atoms with Crippen LogP contribution >= 0.6 is 11.8 Å². The SMILES string of the molecule is CC(C)(C)OC(=O)N1CC(CC(=O)O)(SCc2ccccc2)C1. The molecule has 0 bridgehead atoms. The summed E-state index contributed by atoms with van der Waals surface area (Å²) in [7, 11) is 0. The van der Waals surface area contributed by atoms with Crippen LogP contribution in [0.1, 0.15) is 32.8 Å². The highest BCUT2D eigenvalue weighted by atomic mass is 32.2. The highest BCUT2D eigenvalue weighted by Gasteiger charge is 2.48. The lowest BCUT2D eigenvalue weighted by Gasteiger charge is -2.48. The molecule has 6 heteroatoms. The molecule has 23 heavy (non-hydrogen) atoms. The van der Waals surface area contributed by atoms with Crippen molar-refractivity contribution in [3.63, 3.8) is 0 Å². The first-order chi connectivity index (χ1) is 10.7. The number of hydrogen-bond acceptors (Lipinski definition) is 4. The first kappa shape index (κ1) is 17.7. The van der Waals surface area contributed by atoms with Gasteiger partial charge in [0.25, 0.3) is 0 Å². The van der Waals surface area contributed by atoms with E-state index in [1.807, 2.05) is 51.1 Å². The highest BCUT2D eigenvalue weighted by Crippen LogP contribution is 2.40. The first-order valence-corrected chi connectivity index (χ1v) is 8.55. The Balaban J connectivity index is 1.94. The van der Waals surface area contributed by atoms with Crippen molar-refractivity contribution in [2.45, 2.75) is 43.3 Å². The number of benzene rings is 1. The molecule has 1 aliphatic rings. The molecule has 1 N–H and O–H groups in total. The molecule has 0 spiro atoms. The second-order valence-corrected chi connectivity index (χ2v) is 8.31. The third-order valence-corrected chi connectivity index (χ3v) is 4.96. The number of carbonyl (C=O) groups is 2. The number of carboxylic acid groups (broad SMARTS) is 1. The zero-order chi connectivity index (χ0) is 17.1. The van der Waals surface area contributed by atoms with Gasteiger partial charge in [0.15, 0.2) is 0 Å². The van der Waals surface area contributed by atoms with Crippen molar-refractivity contribution in [2.75, 3.05) is 13.1 Å². The fourth-order valence-electron chi connectivity index (χ4n) is 2.45. The van der Waals surface area contributed by atoms with Gasteiger partial charge in [-0.05, 0) is 26.3 Å². The third kappa shape index (κ3) is 5.16. The van der Waals surface area contributed by atoms with Gasteiger partial charge in [-0.15, -0.1) is 11.8 Å². The van der Waals surface area contributed by atoms with E-state index in [1.54, 1.807) is 16.7 Å². The van der Waals surface area contributed by atoms with Crippen LogP contribution in [0, 0.1) is 0 Å². The molecule has 1 fully saturated rings. The lowest BCUT2D eigenvalue weighted by atomic mass is 9.95. The average molecular weight is 337 g/mol. The summed E-state index contributed by atoms with van der Waals surface area (Å²) in [5, 5.41) is 9.17. The summed E-state index contributed by atoms with van der Waals surface area (Å²) in [6.45, 7) is 6.27. The van der Waals surface area contributed by atoms with Crippen LogP contribution in [-0.2, 0) is 15.3 Å². The van der Waals surface area contributed by atoms with E-state index in [4.69, 9.17) is 4.74 Å². The molecular formula is C17H23NO4S. The quantitative estimate of drug-likeness (QED) is 0.892. The number of likely N-dealkylation sites (tertiary alicyclic amines) is 1. The molecule has 0 aliphatic carbocycles. The largest absolute Gasteiger partial charge is 0.481 e. The van der Waals surface area contributed by atoms with Gasteiger partial charge in [0.05, 0.1) is 11.2 Å². The van der Waals surface area contributed by atoms with Crippen LogP contribution in [0.15, 0.2) is 30.3 Å². The summed E-state index contributed by atoms with van der Waals surface area (Å²) in [5.74, 6) is -0.106. The van der Waals surface area contributed by atoms with E-state index in [-0.39, 0.29) is 12.5 Å². The van der Waals surface area contributed by atoms with Crippen LogP contribution in [0.3, 0.4) is 0 Å². The van der Waals surface area contributed by atoms with Gasteiger partial charge in [0.2, 0.25) is 0 Å². The van der Waals surface area contributed by atoms with Gasteiger partial charge in [-0.3, -0.25) is 4.79 Å². The van der Waals surface area contributed by atoms with E-state index in [2.05, 4.69) is 0 Å². The number of ether oxygens (including phenoxy) is 1.